The van der Waals surface area contributed by atoms with Crippen LogP contribution in [0.25, 0.3) is 0 Å². The summed E-state index contributed by atoms with van der Waals surface area (Å²) in [6.07, 6.45) is 2.68. The standard InChI is InChI=1S/C11H17NO3S2/c1-9-2-3-10(16-9)17(14,15)12-8-11(4-5-11)6-7-13/h2-3,12-13H,4-8H2,1H3. The molecule has 0 radical (unpaired) electrons. The smallest absolute Gasteiger partial charge is 0.250 e. The van der Waals surface area contributed by atoms with E-state index >= 15 is 0 Å². The van der Waals surface area contributed by atoms with Gasteiger partial charge in [0.1, 0.15) is 4.21 Å². The molecule has 2 rings (SSSR count). The Bertz CT molecular complexity index is 489. The first-order valence-corrected chi connectivity index (χ1v) is 7.94. The van der Waals surface area contributed by atoms with E-state index in [-0.39, 0.29) is 12.0 Å². The quantitative estimate of drug-likeness (QED) is 0.827. The molecule has 0 amide bonds. The maximum absolute atomic E-state index is 12.0. The topological polar surface area (TPSA) is 66.4 Å². The molecule has 4 nitrogen and oxygen atoms in total. The highest BCUT2D eigenvalue weighted by Crippen LogP contribution is 2.48. The number of thiophene rings is 1. The molecule has 1 saturated carbocycles. The first kappa shape index (κ1) is 13.0. The summed E-state index contributed by atoms with van der Waals surface area (Å²) >= 11 is 1.28. The molecule has 0 saturated heterocycles. The summed E-state index contributed by atoms with van der Waals surface area (Å²) in [4.78, 5) is 0.988. The molecule has 0 aliphatic heterocycles. The van der Waals surface area contributed by atoms with Gasteiger partial charge in [-0.3, -0.25) is 0 Å². The Morgan fingerprint density at radius 1 is 1.47 bits per heavy atom. The monoisotopic (exact) mass is 275 g/mol. The minimum atomic E-state index is -3.36. The molecule has 17 heavy (non-hydrogen) atoms. The van der Waals surface area contributed by atoms with Crippen LogP contribution < -0.4 is 4.72 Å². The van der Waals surface area contributed by atoms with Crippen molar-refractivity contribution >= 4 is 21.4 Å². The summed E-state index contributed by atoms with van der Waals surface area (Å²) in [5.74, 6) is 0. The molecule has 1 heterocycles. The van der Waals surface area contributed by atoms with Crippen molar-refractivity contribution in [1.29, 1.82) is 0 Å². The molecule has 1 aromatic heterocycles. The van der Waals surface area contributed by atoms with Crippen molar-refractivity contribution < 1.29 is 13.5 Å². The van der Waals surface area contributed by atoms with Crippen LogP contribution in [-0.4, -0.2) is 26.7 Å². The van der Waals surface area contributed by atoms with Crippen LogP contribution in [0, 0.1) is 12.3 Å². The maximum atomic E-state index is 12.0. The number of nitrogens with one attached hydrogen (secondary N) is 1. The number of aryl methyl sites for hydroxylation is 1. The van der Waals surface area contributed by atoms with Gasteiger partial charge >= 0.3 is 0 Å². The van der Waals surface area contributed by atoms with E-state index in [2.05, 4.69) is 4.72 Å². The van der Waals surface area contributed by atoms with Gasteiger partial charge < -0.3 is 5.11 Å². The molecule has 0 atom stereocenters. The van der Waals surface area contributed by atoms with Crippen molar-refractivity contribution in [3.05, 3.63) is 17.0 Å². The van der Waals surface area contributed by atoms with Crippen molar-refractivity contribution in [2.24, 2.45) is 5.41 Å². The Morgan fingerprint density at radius 2 is 2.18 bits per heavy atom. The van der Waals surface area contributed by atoms with E-state index in [0.29, 0.717) is 17.2 Å². The van der Waals surface area contributed by atoms with Gasteiger partial charge in [-0.15, -0.1) is 11.3 Å². The van der Waals surface area contributed by atoms with Crippen molar-refractivity contribution in [1.82, 2.24) is 4.72 Å². The largest absolute Gasteiger partial charge is 0.396 e. The van der Waals surface area contributed by atoms with Gasteiger partial charge in [0.15, 0.2) is 0 Å². The van der Waals surface area contributed by atoms with Crippen LogP contribution in [0.2, 0.25) is 0 Å². The summed E-state index contributed by atoms with van der Waals surface area (Å²) in [6, 6.07) is 3.44. The zero-order chi connectivity index (χ0) is 12.5. The zero-order valence-corrected chi connectivity index (χ0v) is 11.4. The Morgan fingerprint density at radius 3 is 2.65 bits per heavy atom. The average Bonchev–Trinajstić information content (AvgIpc) is 2.89. The van der Waals surface area contributed by atoms with Gasteiger partial charge in [-0.05, 0) is 43.7 Å². The van der Waals surface area contributed by atoms with E-state index in [1.165, 1.54) is 11.3 Å². The fourth-order valence-electron chi connectivity index (χ4n) is 1.80. The van der Waals surface area contributed by atoms with Gasteiger partial charge in [0.2, 0.25) is 10.0 Å². The van der Waals surface area contributed by atoms with Crippen LogP contribution in [0.4, 0.5) is 0 Å². The predicted octanol–water partition coefficient (Wildman–Crippen LogP) is 1.50. The number of aliphatic hydroxyl groups excluding tert-OH is 1. The van der Waals surface area contributed by atoms with Crippen molar-refractivity contribution in [3.8, 4) is 0 Å². The molecule has 2 N–H and O–H groups in total. The van der Waals surface area contributed by atoms with Crippen LogP contribution in [0.1, 0.15) is 24.1 Å². The summed E-state index contributed by atoms with van der Waals surface area (Å²) in [5.41, 5.74) is 0.00806. The van der Waals surface area contributed by atoms with Crippen LogP contribution in [0.3, 0.4) is 0 Å². The molecule has 0 unspecified atom stereocenters. The van der Waals surface area contributed by atoms with E-state index in [4.69, 9.17) is 5.11 Å². The zero-order valence-electron chi connectivity index (χ0n) is 9.77. The lowest BCUT2D eigenvalue weighted by atomic mass is 10.0. The fraction of sp³-hybridized carbons (Fsp3) is 0.636. The lowest BCUT2D eigenvalue weighted by Gasteiger charge is -2.13. The number of hydrogen-bond donors (Lipinski definition) is 2. The summed E-state index contributed by atoms with van der Waals surface area (Å²) in [5, 5.41) is 8.92. The second-order valence-electron chi connectivity index (χ2n) is 4.66. The molecule has 0 aromatic carbocycles. The lowest BCUT2D eigenvalue weighted by molar-refractivity contribution is 0.249. The highest BCUT2D eigenvalue weighted by Gasteiger charge is 2.42. The minimum absolute atomic E-state index is 0.00806. The molecule has 0 bridgehead atoms. The third kappa shape index (κ3) is 3.07. The Kier molecular flexibility index (Phi) is 3.58. The molecular formula is C11H17NO3S2. The third-order valence-corrected chi connectivity index (χ3v) is 6.11. The molecule has 1 aromatic rings. The van der Waals surface area contributed by atoms with Crippen molar-refractivity contribution in [2.45, 2.75) is 30.4 Å². The normalized spacial score (nSPS) is 18.2. The molecule has 1 aliphatic carbocycles. The highest BCUT2D eigenvalue weighted by atomic mass is 32.2. The van der Waals surface area contributed by atoms with E-state index < -0.39 is 10.0 Å². The number of sulfonamides is 1. The first-order valence-electron chi connectivity index (χ1n) is 5.64. The second-order valence-corrected chi connectivity index (χ2v) is 7.94. The van der Waals surface area contributed by atoms with Gasteiger partial charge in [0.05, 0.1) is 0 Å². The molecular weight excluding hydrogens is 258 g/mol. The van der Waals surface area contributed by atoms with Gasteiger partial charge in [-0.1, -0.05) is 0 Å². The minimum Gasteiger partial charge on any atom is -0.396 e. The lowest BCUT2D eigenvalue weighted by Crippen LogP contribution is -2.30. The summed E-state index contributed by atoms with van der Waals surface area (Å²) in [6.45, 7) is 2.45. The number of hydrogen-bond acceptors (Lipinski definition) is 4. The molecule has 96 valence electrons. The van der Waals surface area contributed by atoms with Crippen LogP contribution >= 0.6 is 11.3 Å². The Balaban J connectivity index is 1.99. The van der Waals surface area contributed by atoms with E-state index in [1.54, 1.807) is 12.1 Å². The average molecular weight is 275 g/mol. The summed E-state index contributed by atoms with van der Waals surface area (Å²) < 4.78 is 26.9. The first-order chi connectivity index (χ1) is 7.97. The summed E-state index contributed by atoms with van der Waals surface area (Å²) in [7, 11) is -3.36. The molecule has 0 spiro atoms. The Labute approximate surface area is 106 Å². The predicted molar refractivity (Wildman–Crippen MR) is 67.6 cm³/mol. The van der Waals surface area contributed by atoms with Crippen LogP contribution in [0.15, 0.2) is 16.3 Å². The Hall–Kier alpha value is -0.430. The van der Waals surface area contributed by atoms with Gasteiger partial charge in [0.25, 0.3) is 0 Å². The van der Waals surface area contributed by atoms with Crippen molar-refractivity contribution in [3.63, 3.8) is 0 Å². The van der Waals surface area contributed by atoms with Gasteiger partial charge in [-0.25, -0.2) is 13.1 Å². The van der Waals surface area contributed by atoms with E-state index in [1.807, 2.05) is 6.92 Å². The number of rotatable bonds is 6. The highest BCUT2D eigenvalue weighted by molar-refractivity contribution is 7.91. The molecule has 1 aliphatic rings. The van der Waals surface area contributed by atoms with E-state index in [0.717, 1.165) is 17.7 Å². The second kappa shape index (κ2) is 4.68. The van der Waals surface area contributed by atoms with Crippen LogP contribution in [-0.2, 0) is 10.0 Å². The molecule has 1 fully saturated rings. The fourth-order valence-corrected chi connectivity index (χ4v) is 4.29. The van der Waals surface area contributed by atoms with Crippen LogP contribution in [0.5, 0.6) is 0 Å². The number of aliphatic hydroxyl groups is 1. The van der Waals surface area contributed by atoms with Crippen molar-refractivity contribution in [2.75, 3.05) is 13.2 Å². The van der Waals surface area contributed by atoms with Gasteiger partial charge in [-0.2, -0.15) is 0 Å². The van der Waals surface area contributed by atoms with Gasteiger partial charge in [0, 0.05) is 18.0 Å². The SMILES string of the molecule is Cc1ccc(S(=O)(=O)NCC2(CCO)CC2)s1. The van der Waals surface area contributed by atoms with E-state index in [9.17, 15) is 8.42 Å². The third-order valence-electron chi connectivity index (χ3n) is 3.22. The molecule has 6 heteroatoms. The maximum Gasteiger partial charge on any atom is 0.250 e.